The second kappa shape index (κ2) is 7.19. The fourth-order valence-corrected chi connectivity index (χ4v) is 3.03. The quantitative estimate of drug-likeness (QED) is 0.810. The highest BCUT2D eigenvalue weighted by atomic mass is 35.5. The van der Waals surface area contributed by atoms with Gasteiger partial charge in [0.05, 0.1) is 18.5 Å². The van der Waals surface area contributed by atoms with E-state index in [1.807, 2.05) is 0 Å². The Morgan fingerprint density at radius 2 is 1.95 bits per heavy atom. The molecule has 0 aliphatic heterocycles. The molecule has 0 saturated carbocycles. The van der Waals surface area contributed by atoms with Crippen LogP contribution in [0.2, 0.25) is 5.02 Å². The number of hydrogen-bond acceptors (Lipinski definition) is 3. The number of aliphatic hydroxyl groups is 1. The van der Waals surface area contributed by atoms with Crippen LogP contribution < -0.4 is 4.72 Å². The molecule has 2 unspecified atom stereocenters. The van der Waals surface area contributed by atoms with Gasteiger partial charge in [0.15, 0.2) is 0 Å². The van der Waals surface area contributed by atoms with Crippen LogP contribution in [0.5, 0.6) is 0 Å². The summed E-state index contributed by atoms with van der Waals surface area (Å²) in [6, 6.07) is 5.78. The van der Waals surface area contributed by atoms with Crippen molar-refractivity contribution >= 4 is 21.6 Å². The Hall–Kier alpha value is -0.690. The Morgan fingerprint density at radius 1 is 1.37 bits per heavy atom. The average Bonchev–Trinajstić information content (AvgIpc) is 2.36. The zero-order chi connectivity index (χ0) is 14.5. The van der Waals surface area contributed by atoms with Crippen molar-refractivity contribution in [3.05, 3.63) is 34.9 Å². The average molecular weight is 310 g/mol. The van der Waals surface area contributed by atoms with E-state index in [0.29, 0.717) is 10.6 Å². The van der Waals surface area contributed by atoms with Crippen LogP contribution in [0.4, 0.5) is 4.39 Å². The molecule has 108 valence electrons. The minimum absolute atomic E-state index is 0.0565. The summed E-state index contributed by atoms with van der Waals surface area (Å²) in [5.41, 5.74) is 0.560. The first-order valence-corrected chi connectivity index (χ1v) is 7.88. The maximum atomic E-state index is 12.0. The Labute approximate surface area is 117 Å². The van der Waals surface area contributed by atoms with Crippen molar-refractivity contribution in [1.82, 2.24) is 4.72 Å². The topological polar surface area (TPSA) is 66.4 Å². The summed E-state index contributed by atoms with van der Waals surface area (Å²) in [5, 5.41) is 10.6. The van der Waals surface area contributed by atoms with E-state index < -0.39 is 28.8 Å². The van der Waals surface area contributed by atoms with Crippen LogP contribution in [0.1, 0.15) is 25.0 Å². The molecule has 2 atom stereocenters. The van der Waals surface area contributed by atoms with Gasteiger partial charge in [-0.3, -0.25) is 4.39 Å². The third kappa shape index (κ3) is 5.44. The summed E-state index contributed by atoms with van der Waals surface area (Å²) in [7, 11) is -3.58. The number of aliphatic hydroxyl groups excluding tert-OH is 1. The highest BCUT2D eigenvalue weighted by molar-refractivity contribution is 7.89. The van der Waals surface area contributed by atoms with Gasteiger partial charge in [0.1, 0.15) is 0 Å². The van der Waals surface area contributed by atoms with E-state index in [1.54, 1.807) is 31.2 Å². The molecule has 0 aliphatic rings. The normalized spacial score (nSPS) is 15.2. The molecule has 1 aromatic rings. The van der Waals surface area contributed by atoms with Gasteiger partial charge in [-0.1, -0.05) is 23.7 Å². The third-order valence-corrected chi connectivity index (χ3v) is 4.41. The van der Waals surface area contributed by atoms with Crippen molar-refractivity contribution in [3.8, 4) is 0 Å². The van der Waals surface area contributed by atoms with Gasteiger partial charge in [-0.2, -0.15) is 0 Å². The molecule has 0 heterocycles. The minimum atomic E-state index is -3.58. The number of alkyl halides is 1. The molecule has 0 saturated heterocycles. The summed E-state index contributed by atoms with van der Waals surface area (Å²) in [4.78, 5) is 0. The molecule has 1 aromatic carbocycles. The fraction of sp³-hybridized carbons (Fsp3) is 0.500. The zero-order valence-electron chi connectivity index (χ0n) is 10.5. The van der Waals surface area contributed by atoms with Crippen LogP contribution in [-0.4, -0.2) is 32.0 Å². The van der Waals surface area contributed by atoms with Gasteiger partial charge in [0.2, 0.25) is 10.0 Å². The Morgan fingerprint density at radius 3 is 2.47 bits per heavy atom. The molecule has 19 heavy (non-hydrogen) atoms. The summed E-state index contributed by atoms with van der Waals surface area (Å²) < 4.78 is 37.5. The molecule has 0 radical (unpaired) electrons. The van der Waals surface area contributed by atoms with E-state index in [1.165, 1.54) is 0 Å². The molecular weight excluding hydrogens is 293 g/mol. The highest BCUT2D eigenvalue weighted by Gasteiger charge is 2.21. The largest absolute Gasteiger partial charge is 0.387 e. The van der Waals surface area contributed by atoms with E-state index in [2.05, 4.69) is 4.72 Å². The fourth-order valence-electron chi connectivity index (χ4n) is 1.60. The van der Waals surface area contributed by atoms with Gasteiger partial charge in [-0.25, -0.2) is 13.1 Å². The third-order valence-electron chi connectivity index (χ3n) is 2.60. The standard InChI is InChI=1S/C12H17ClFNO3S/c1-9(15-19(17,18)8-2-7-14)12(16)10-3-5-11(13)6-4-10/h3-6,9,12,15-16H,2,7-8H2,1H3. The Bertz CT molecular complexity index is 492. The van der Waals surface area contributed by atoms with Crippen molar-refractivity contribution < 1.29 is 17.9 Å². The molecule has 0 spiro atoms. The van der Waals surface area contributed by atoms with Gasteiger partial charge in [-0.15, -0.1) is 0 Å². The number of halogens is 2. The van der Waals surface area contributed by atoms with Crippen molar-refractivity contribution in [2.45, 2.75) is 25.5 Å². The van der Waals surface area contributed by atoms with Crippen molar-refractivity contribution in [2.24, 2.45) is 0 Å². The maximum Gasteiger partial charge on any atom is 0.212 e. The minimum Gasteiger partial charge on any atom is -0.387 e. The lowest BCUT2D eigenvalue weighted by Gasteiger charge is -2.20. The van der Waals surface area contributed by atoms with Gasteiger partial charge in [-0.05, 0) is 31.0 Å². The zero-order valence-corrected chi connectivity index (χ0v) is 12.1. The molecule has 1 rings (SSSR count). The summed E-state index contributed by atoms with van der Waals surface area (Å²) >= 11 is 5.73. The van der Waals surface area contributed by atoms with Gasteiger partial charge >= 0.3 is 0 Å². The molecule has 0 aliphatic carbocycles. The Balaban J connectivity index is 2.67. The summed E-state index contributed by atoms with van der Waals surface area (Å²) in [6.07, 6.45) is -1.04. The molecule has 0 bridgehead atoms. The van der Waals surface area contributed by atoms with E-state index >= 15 is 0 Å². The van der Waals surface area contributed by atoms with Crippen LogP contribution in [0, 0.1) is 0 Å². The molecule has 7 heteroatoms. The maximum absolute atomic E-state index is 12.0. The lowest BCUT2D eigenvalue weighted by Crippen LogP contribution is -2.38. The molecular formula is C12H17ClFNO3S. The summed E-state index contributed by atoms with van der Waals surface area (Å²) in [6.45, 7) is 0.862. The number of sulfonamides is 1. The lowest BCUT2D eigenvalue weighted by molar-refractivity contribution is 0.146. The van der Waals surface area contributed by atoms with E-state index in [-0.39, 0.29) is 12.2 Å². The number of rotatable bonds is 7. The number of hydrogen-bond donors (Lipinski definition) is 2. The van der Waals surface area contributed by atoms with E-state index in [9.17, 15) is 17.9 Å². The van der Waals surface area contributed by atoms with Crippen LogP contribution in [0.25, 0.3) is 0 Å². The summed E-state index contributed by atoms with van der Waals surface area (Å²) in [5.74, 6) is -0.290. The van der Waals surface area contributed by atoms with Crippen LogP contribution in [-0.2, 0) is 10.0 Å². The van der Waals surface area contributed by atoms with E-state index in [4.69, 9.17) is 11.6 Å². The highest BCUT2D eigenvalue weighted by Crippen LogP contribution is 2.19. The Kier molecular flexibility index (Phi) is 6.19. The van der Waals surface area contributed by atoms with Gasteiger partial charge in [0.25, 0.3) is 0 Å². The first-order valence-electron chi connectivity index (χ1n) is 5.85. The molecule has 0 aromatic heterocycles. The van der Waals surface area contributed by atoms with Gasteiger partial charge in [0, 0.05) is 11.1 Å². The lowest BCUT2D eigenvalue weighted by atomic mass is 10.0. The predicted molar refractivity (Wildman–Crippen MR) is 73.4 cm³/mol. The number of benzene rings is 1. The molecule has 0 fully saturated rings. The molecule has 0 amide bonds. The number of nitrogens with one attached hydrogen (secondary N) is 1. The predicted octanol–water partition coefficient (Wildman–Crippen LogP) is 2.04. The van der Waals surface area contributed by atoms with Crippen molar-refractivity contribution in [2.75, 3.05) is 12.4 Å². The van der Waals surface area contributed by atoms with E-state index in [0.717, 1.165) is 0 Å². The van der Waals surface area contributed by atoms with Crippen LogP contribution in [0.3, 0.4) is 0 Å². The van der Waals surface area contributed by atoms with Crippen LogP contribution in [0.15, 0.2) is 24.3 Å². The van der Waals surface area contributed by atoms with Gasteiger partial charge < -0.3 is 5.11 Å². The van der Waals surface area contributed by atoms with Crippen LogP contribution >= 0.6 is 11.6 Å². The SMILES string of the molecule is CC(NS(=O)(=O)CCCF)C(O)c1ccc(Cl)cc1. The smallest absolute Gasteiger partial charge is 0.212 e. The first kappa shape index (κ1) is 16.4. The second-order valence-corrected chi connectivity index (χ2v) is 6.57. The first-order chi connectivity index (χ1) is 8.85. The second-order valence-electron chi connectivity index (χ2n) is 4.26. The van der Waals surface area contributed by atoms with Crippen molar-refractivity contribution in [3.63, 3.8) is 0 Å². The molecule has 2 N–H and O–H groups in total. The monoisotopic (exact) mass is 309 g/mol. The molecule has 4 nitrogen and oxygen atoms in total. The van der Waals surface area contributed by atoms with Crippen molar-refractivity contribution in [1.29, 1.82) is 0 Å².